The van der Waals surface area contributed by atoms with Gasteiger partial charge < -0.3 is 0 Å². The summed E-state index contributed by atoms with van der Waals surface area (Å²) in [6, 6.07) is 0. The molecule has 0 heterocycles. The maximum absolute atomic E-state index is 9.60. The van der Waals surface area contributed by atoms with Crippen LogP contribution in [0.1, 0.15) is 85.5 Å². The molecule has 0 aliphatic carbocycles. The molecule has 0 aromatic heterocycles. The van der Waals surface area contributed by atoms with Crippen molar-refractivity contribution in [2.45, 2.75) is 98.8 Å². The first-order chi connectivity index (χ1) is 11.2. The minimum atomic E-state index is -2.35. The Morgan fingerprint density at radius 1 is 0.783 bits per heavy atom. The first-order valence-corrected chi connectivity index (χ1v) is 17.7. The minimum absolute atomic E-state index is 0.219. The van der Waals surface area contributed by atoms with Crippen LogP contribution in [0.3, 0.4) is 0 Å². The van der Waals surface area contributed by atoms with Crippen molar-refractivity contribution in [2.24, 2.45) is 0 Å². The van der Waals surface area contributed by atoms with Gasteiger partial charge in [0, 0.05) is 0 Å². The molecule has 136 valence electrons. The average Bonchev–Trinajstić information content (AvgIpc) is 2.57. The van der Waals surface area contributed by atoms with Crippen molar-refractivity contribution < 1.29 is 5.11 Å². The van der Waals surface area contributed by atoms with E-state index >= 15 is 0 Å². The van der Waals surface area contributed by atoms with Crippen LogP contribution >= 0.6 is 0 Å². The van der Waals surface area contributed by atoms with Gasteiger partial charge in [0.05, 0.1) is 0 Å². The summed E-state index contributed by atoms with van der Waals surface area (Å²) >= 11 is -2.35. The Labute approximate surface area is 150 Å². The second-order valence-corrected chi connectivity index (χ2v) is 20.2. The summed E-state index contributed by atoms with van der Waals surface area (Å²) in [6.07, 6.45) is 18.8. The molecule has 1 nitrogen and oxygen atoms in total. The fourth-order valence-corrected chi connectivity index (χ4v) is 19.7. The monoisotopic (exact) mass is 430 g/mol. The number of aliphatic hydroxyl groups is 1. The number of allylic oxidation sites excluding steroid dienone is 3. The van der Waals surface area contributed by atoms with E-state index in [1.807, 2.05) is 0 Å². The average molecular weight is 429 g/mol. The molecular formula is C21H42OSn. The van der Waals surface area contributed by atoms with Gasteiger partial charge in [-0.3, -0.25) is 0 Å². The van der Waals surface area contributed by atoms with Crippen molar-refractivity contribution in [1.82, 2.24) is 0 Å². The molecule has 2 heteroatoms. The number of hydrogen-bond donors (Lipinski definition) is 1. The van der Waals surface area contributed by atoms with E-state index in [2.05, 4.69) is 45.9 Å². The fraction of sp³-hybridized carbons (Fsp3) is 0.810. The quantitative estimate of drug-likeness (QED) is 0.168. The van der Waals surface area contributed by atoms with Crippen LogP contribution in [0, 0.1) is 0 Å². The van der Waals surface area contributed by atoms with Gasteiger partial charge >= 0.3 is 151 Å². The predicted octanol–water partition coefficient (Wildman–Crippen LogP) is 7.04. The Hall–Kier alpha value is 0.239. The van der Waals surface area contributed by atoms with Crippen LogP contribution in [0.2, 0.25) is 13.3 Å². The van der Waals surface area contributed by atoms with Crippen LogP contribution in [0.15, 0.2) is 21.8 Å². The van der Waals surface area contributed by atoms with Crippen molar-refractivity contribution in [3.05, 3.63) is 21.8 Å². The van der Waals surface area contributed by atoms with Gasteiger partial charge in [-0.1, -0.05) is 0 Å². The van der Waals surface area contributed by atoms with Gasteiger partial charge in [0.15, 0.2) is 0 Å². The summed E-state index contributed by atoms with van der Waals surface area (Å²) in [5.41, 5.74) is 0. The van der Waals surface area contributed by atoms with Crippen LogP contribution in [-0.2, 0) is 0 Å². The molecule has 0 rings (SSSR count). The molecule has 0 amide bonds. The Balaban J connectivity index is 5.37. The van der Waals surface area contributed by atoms with Gasteiger partial charge in [0.2, 0.25) is 0 Å². The first-order valence-electron chi connectivity index (χ1n) is 10.2. The molecule has 0 spiro atoms. The second-order valence-electron chi connectivity index (χ2n) is 6.98. The van der Waals surface area contributed by atoms with Gasteiger partial charge in [-0.05, 0) is 0 Å². The zero-order valence-electron chi connectivity index (χ0n) is 16.4. The van der Waals surface area contributed by atoms with E-state index in [9.17, 15) is 5.11 Å². The van der Waals surface area contributed by atoms with Crippen LogP contribution in [0.5, 0.6) is 0 Å². The number of hydrogen-bond acceptors (Lipinski definition) is 1. The molecule has 0 aromatic carbocycles. The third kappa shape index (κ3) is 9.96. The summed E-state index contributed by atoms with van der Waals surface area (Å²) in [5, 5.41) is 9.60. The van der Waals surface area contributed by atoms with Crippen LogP contribution in [0.25, 0.3) is 0 Å². The Morgan fingerprint density at radius 2 is 1.26 bits per heavy atom. The van der Waals surface area contributed by atoms with Gasteiger partial charge in [-0.25, -0.2) is 0 Å². The molecule has 23 heavy (non-hydrogen) atoms. The van der Waals surface area contributed by atoms with E-state index in [0.29, 0.717) is 0 Å². The molecule has 0 radical (unpaired) electrons. The molecule has 1 N–H and O–H groups in total. The van der Waals surface area contributed by atoms with E-state index in [-0.39, 0.29) is 6.61 Å². The van der Waals surface area contributed by atoms with E-state index in [1.54, 1.807) is 3.59 Å². The predicted molar refractivity (Wildman–Crippen MR) is 109 cm³/mol. The van der Waals surface area contributed by atoms with Gasteiger partial charge in [-0.15, -0.1) is 0 Å². The zero-order chi connectivity index (χ0) is 17.4. The molecule has 0 aliphatic heterocycles. The van der Waals surface area contributed by atoms with Crippen molar-refractivity contribution in [2.75, 3.05) is 6.61 Å². The molecule has 0 atom stereocenters. The summed E-state index contributed by atoms with van der Waals surface area (Å²) < 4.78 is 6.06. The van der Waals surface area contributed by atoms with Gasteiger partial charge in [0.1, 0.15) is 0 Å². The summed E-state index contributed by atoms with van der Waals surface area (Å²) in [4.78, 5) is 0. The third-order valence-corrected chi connectivity index (χ3v) is 20.7. The van der Waals surface area contributed by atoms with Crippen LogP contribution in [0.4, 0.5) is 0 Å². The normalized spacial score (nSPS) is 13.2. The molecule has 0 aliphatic rings. The van der Waals surface area contributed by atoms with E-state index in [0.717, 1.165) is 0 Å². The summed E-state index contributed by atoms with van der Waals surface area (Å²) in [5.74, 6) is 0. The van der Waals surface area contributed by atoms with E-state index in [1.165, 1.54) is 71.1 Å². The first kappa shape index (κ1) is 23.2. The molecule has 0 saturated carbocycles. The van der Waals surface area contributed by atoms with Crippen molar-refractivity contribution in [1.29, 1.82) is 0 Å². The molecule has 0 unspecified atom stereocenters. The van der Waals surface area contributed by atoms with Gasteiger partial charge in [0.25, 0.3) is 0 Å². The van der Waals surface area contributed by atoms with Gasteiger partial charge in [-0.2, -0.15) is 0 Å². The molecule has 0 aromatic rings. The second kappa shape index (κ2) is 15.7. The van der Waals surface area contributed by atoms with Crippen molar-refractivity contribution in [3.8, 4) is 0 Å². The topological polar surface area (TPSA) is 20.2 Å². The van der Waals surface area contributed by atoms with Crippen molar-refractivity contribution in [3.63, 3.8) is 0 Å². The summed E-state index contributed by atoms with van der Waals surface area (Å²) in [7, 11) is 0. The Morgan fingerprint density at radius 3 is 1.65 bits per heavy atom. The maximum atomic E-state index is 9.60. The summed E-state index contributed by atoms with van der Waals surface area (Å²) in [6.45, 7) is 9.44. The molecule has 0 bridgehead atoms. The van der Waals surface area contributed by atoms with Crippen LogP contribution < -0.4 is 0 Å². The number of aliphatic hydroxyl groups excluding tert-OH is 1. The fourth-order valence-electron chi connectivity index (χ4n) is 3.45. The Kier molecular flexibility index (Phi) is 15.9. The number of rotatable bonds is 15. The Bertz CT molecular complexity index is 298. The third-order valence-electron chi connectivity index (χ3n) is 4.97. The standard InChI is InChI=1S/C9H15O.3C4H9.Sn/c1-2-3-4-5-6-7-8-9-10;3*1-3-4-2;/h5-6,8,10H,2-4,9H2,1H3;3*1,3-4H2,2H3;/b6-5+,8-7?;;;;. The number of unbranched alkanes of at least 4 members (excludes halogenated alkanes) is 5. The van der Waals surface area contributed by atoms with E-state index in [4.69, 9.17) is 0 Å². The van der Waals surface area contributed by atoms with Crippen LogP contribution in [-0.4, -0.2) is 30.1 Å². The molecule has 0 fully saturated rings. The molecular weight excluding hydrogens is 387 g/mol. The molecule has 0 saturated heterocycles. The van der Waals surface area contributed by atoms with E-state index < -0.39 is 18.4 Å². The van der Waals surface area contributed by atoms with Crippen molar-refractivity contribution >= 4 is 18.4 Å². The SMILES string of the molecule is CCCC/C=C/[C](=C\CO)[Sn]([CH2]CCC)([CH2]CCC)[CH2]CCC. The zero-order valence-corrected chi connectivity index (χ0v) is 19.2.